The molecule has 0 bridgehead atoms. The van der Waals surface area contributed by atoms with Gasteiger partial charge in [-0.05, 0) is 30.3 Å². The van der Waals surface area contributed by atoms with Crippen LogP contribution in [0.3, 0.4) is 0 Å². The van der Waals surface area contributed by atoms with Crippen LogP contribution < -0.4 is 10.2 Å². The van der Waals surface area contributed by atoms with Crippen molar-refractivity contribution in [2.45, 2.75) is 11.7 Å². The van der Waals surface area contributed by atoms with Crippen molar-refractivity contribution >= 4 is 63.3 Å². The largest absolute Gasteiger partial charge is 0.274 e. The van der Waals surface area contributed by atoms with Crippen molar-refractivity contribution in [1.29, 1.82) is 5.26 Å². The van der Waals surface area contributed by atoms with Crippen molar-refractivity contribution < 1.29 is 9.59 Å². The number of aliphatic imine (C=N–C) groups is 1. The Morgan fingerprint density at radius 3 is 2.70 bits per heavy atom. The van der Waals surface area contributed by atoms with Gasteiger partial charge in [0, 0.05) is 11.4 Å². The van der Waals surface area contributed by atoms with Gasteiger partial charge in [0.05, 0.1) is 16.4 Å². The molecule has 2 aromatic rings. The number of para-hydroxylation sites is 1. The lowest BCUT2D eigenvalue weighted by atomic mass is 10.3. The zero-order valence-corrected chi connectivity index (χ0v) is 16.1. The topological polar surface area (TPSA) is 85.6 Å². The average molecular weight is 419 g/mol. The van der Waals surface area contributed by atoms with Gasteiger partial charge in [-0.1, -0.05) is 53.2 Å². The molecule has 136 valence electrons. The smallest absolute Gasteiger partial charge is 0.247 e. The summed E-state index contributed by atoms with van der Waals surface area (Å²) in [6.45, 7) is 0. The monoisotopic (exact) mass is 418 g/mol. The van der Waals surface area contributed by atoms with Gasteiger partial charge in [-0.3, -0.25) is 14.9 Å². The number of halogens is 2. The Morgan fingerprint density at radius 1 is 1.22 bits per heavy atom. The van der Waals surface area contributed by atoms with Crippen LogP contribution in [0.15, 0.2) is 53.5 Å². The van der Waals surface area contributed by atoms with E-state index in [-0.39, 0.29) is 23.4 Å². The zero-order valence-electron chi connectivity index (χ0n) is 13.7. The third-order valence-electron chi connectivity index (χ3n) is 3.66. The van der Waals surface area contributed by atoms with Gasteiger partial charge in [0.25, 0.3) is 0 Å². The highest BCUT2D eigenvalue weighted by atomic mass is 35.5. The van der Waals surface area contributed by atoms with Crippen LogP contribution in [0.2, 0.25) is 10.0 Å². The fourth-order valence-electron chi connectivity index (χ4n) is 2.50. The highest BCUT2D eigenvalue weighted by Crippen LogP contribution is 2.32. The second-order valence-corrected chi connectivity index (χ2v) is 7.50. The summed E-state index contributed by atoms with van der Waals surface area (Å²) in [6, 6.07) is 13.4. The first-order chi connectivity index (χ1) is 13.0. The molecule has 0 radical (unpaired) electrons. The first kappa shape index (κ1) is 19.2. The molecule has 0 aromatic heterocycles. The van der Waals surface area contributed by atoms with Crippen molar-refractivity contribution in [3.8, 4) is 6.19 Å². The van der Waals surface area contributed by atoms with Gasteiger partial charge in [0.15, 0.2) is 11.4 Å². The SMILES string of the molecule is N#CNC(=Nc1ccccc1Cl)SC1CC(=O)N(c2cccc(Cl)c2)C1=O. The molecule has 0 saturated carbocycles. The lowest BCUT2D eigenvalue weighted by molar-refractivity contribution is -0.121. The van der Waals surface area contributed by atoms with Crippen LogP contribution in [0.1, 0.15) is 6.42 Å². The summed E-state index contributed by atoms with van der Waals surface area (Å²) in [6.07, 6.45) is 1.78. The predicted molar refractivity (Wildman–Crippen MR) is 107 cm³/mol. The maximum Gasteiger partial charge on any atom is 0.247 e. The van der Waals surface area contributed by atoms with Crippen LogP contribution in [0, 0.1) is 11.5 Å². The third kappa shape index (κ3) is 4.42. The van der Waals surface area contributed by atoms with Crippen LogP contribution in [0.5, 0.6) is 0 Å². The molecule has 1 N–H and O–H groups in total. The molecule has 1 saturated heterocycles. The number of carbonyl (C=O) groups is 2. The number of nitrogens with zero attached hydrogens (tertiary/aromatic N) is 3. The molecule has 3 rings (SSSR count). The van der Waals surface area contributed by atoms with Gasteiger partial charge in [-0.2, -0.15) is 5.26 Å². The maximum absolute atomic E-state index is 12.7. The Kier molecular flexibility index (Phi) is 6.01. The second kappa shape index (κ2) is 8.44. The van der Waals surface area contributed by atoms with E-state index in [2.05, 4.69) is 10.3 Å². The van der Waals surface area contributed by atoms with E-state index in [0.717, 1.165) is 16.7 Å². The molecule has 1 fully saturated rings. The molecule has 2 amide bonds. The number of nitriles is 1. The standard InChI is InChI=1S/C18H12Cl2N4O2S/c19-11-4-3-5-12(8-11)24-16(25)9-15(17(24)26)27-18(22-10-21)23-14-7-2-1-6-13(14)20/h1-8,15H,9H2,(H,22,23). The van der Waals surface area contributed by atoms with Gasteiger partial charge in [0.1, 0.15) is 5.25 Å². The van der Waals surface area contributed by atoms with Gasteiger partial charge < -0.3 is 0 Å². The van der Waals surface area contributed by atoms with E-state index in [9.17, 15) is 9.59 Å². The summed E-state index contributed by atoms with van der Waals surface area (Å²) >= 11 is 13.0. The van der Waals surface area contributed by atoms with E-state index < -0.39 is 5.25 Å². The molecule has 27 heavy (non-hydrogen) atoms. The lowest BCUT2D eigenvalue weighted by Crippen LogP contribution is -2.32. The number of rotatable bonds is 3. The number of benzene rings is 2. The van der Waals surface area contributed by atoms with Crippen molar-refractivity contribution in [2.75, 3.05) is 4.90 Å². The molecule has 1 aliphatic heterocycles. The van der Waals surface area contributed by atoms with Crippen LogP contribution in [0.4, 0.5) is 11.4 Å². The molecule has 2 aromatic carbocycles. The number of carbonyl (C=O) groups excluding carboxylic acids is 2. The van der Waals surface area contributed by atoms with E-state index >= 15 is 0 Å². The average Bonchev–Trinajstić information content (AvgIpc) is 2.90. The van der Waals surface area contributed by atoms with E-state index in [4.69, 9.17) is 28.5 Å². The fraction of sp³-hybridized carbons (Fsp3) is 0.111. The molecule has 1 heterocycles. The number of amidine groups is 1. The van der Waals surface area contributed by atoms with Crippen molar-refractivity contribution in [3.63, 3.8) is 0 Å². The summed E-state index contributed by atoms with van der Waals surface area (Å²) < 4.78 is 0. The molecule has 6 nitrogen and oxygen atoms in total. The lowest BCUT2D eigenvalue weighted by Gasteiger charge is -2.15. The summed E-state index contributed by atoms with van der Waals surface area (Å²) in [4.78, 5) is 30.5. The molecular weight excluding hydrogens is 407 g/mol. The fourth-order valence-corrected chi connectivity index (χ4v) is 3.82. The molecule has 0 spiro atoms. The van der Waals surface area contributed by atoms with Crippen molar-refractivity contribution in [1.82, 2.24) is 5.32 Å². The highest BCUT2D eigenvalue weighted by molar-refractivity contribution is 8.15. The van der Waals surface area contributed by atoms with Crippen LogP contribution in [0.25, 0.3) is 0 Å². The molecule has 1 atom stereocenters. The van der Waals surface area contributed by atoms with Gasteiger partial charge in [-0.15, -0.1) is 0 Å². The van der Waals surface area contributed by atoms with E-state index in [1.807, 2.05) is 0 Å². The Labute approximate surface area is 169 Å². The first-order valence-electron chi connectivity index (χ1n) is 7.77. The number of nitrogens with one attached hydrogen (secondary N) is 1. The number of anilines is 1. The van der Waals surface area contributed by atoms with Gasteiger partial charge in [-0.25, -0.2) is 9.89 Å². The van der Waals surface area contributed by atoms with Crippen molar-refractivity contribution in [3.05, 3.63) is 58.6 Å². The summed E-state index contributed by atoms with van der Waals surface area (Å²) in [5.74, 6) is -0.729. The number of hydrogen-bond acceptors (Lipinski definition) is 5. The quantitative estimate of drug-likeness (QED) is 0.266. The Hall–Kier alpha value is -2.53. The third-order valence-corrected chi connectivity index (χ3v) is 5.29. The number of amides is 2. The van der Waals surface area contributed by atoms with E-state index in [0.29, 0.717) is 21.4 Å². The van der Waals surface area contributed by atoms with Crippen molar-refractivity contribution in [2.24, 2.45) is 4.99 Å². The first-order valence-corrected chi connectivity index (χ1v) is 9.40. The Balaban J connectivity index is 1.84. The maximum atomic E-state index is 12.7. The minimum absolute atomic E-state index is 0.00926. The van der Waals surface area contributed by atoms with Crippen LogP contribution >= 0.6 is 35.0 Å². The minimum Gasteiger partial charge on any atom is -0.274 e. The number of imide groups is 1. The summed E-state index contributed by atoms with van der Waals surface area (Å²) in [7, 11) is 0. The molecule has 1 unspecified atom stereocenters. The predicted octanol–water partition coefficient (Wildman–Crippen LogP) is 4.12. The molecule has 0 aliphatic carbocycles. The van der Waals surface area contributed by atoms with Crippen LogP contribution in [-0.4, -0.2) is 22.2 Å². The molecule has 9 heteroatoms. The summed E-state index contributed by atoms with van der Waals surface area (Å²) in [5.41, 5.74) is 0.867. The summed E-state index contributed by atoms with van der Waals surface area (Å²) in [5, 5.41) is 11.7. The minimum atomic E-state index is -0.710. The Morgan fingerprint density at radius 2 is 2.00 bits per heavy atom. The molecular formula is C18H12Cl2N4O2S. The van der Waals surface area contributed by atoms with E-state index in [1.54, 1.807) is 54.7 Å². The number of thioether (sulfide) groups is 1. The number of hydrogen-bond donors (Lipinski definition) is 1. The van der Waals surface area contributed by atoms with Gasteiger partial charge >= 0.3 is 0 Å². The van der Waals surface area contributed by atoms with E-state index in [1.165, 1.54) is 0 Å². The normalized spacial score (nSPS) is 17.1. The Bertz CT molecular complexity index is 974. The van der Waals surface area contributed by atoms with Crippen LogP contribution in [-0.2, 0) is 9.59 Å². The van der Waals surface area contributed by atoms with Gasteiger partial charge in [0.2, 0.25) is 11.8 Å². The zero-order chi connectivity index (χ0) is 19.4. The molecule has 1 aliphatic rings. The highest BCUT2D eigenvalue weighted by Gasteiger charge is 2.40. The second-order valence-electron chi connectivity index (χ2n) is 5.46.